The maximum atomic E-state index is 10.8. The molecule has 0 aromatic heterocycles. The van der Waals surface area contributed by atoms with Crippen molar-refractivity contribution in [2.24, 2.45) is 0 Å². The van der Waals surface area contributed by atoms with E-state index in [4.69, 9.17) is 4.55 Å². The maximum Gasteiger partial charge on any atom is 0.333 e. The number of rotatable bonds is 4. The number of ether oxygens (including phenoxy) is 1. The van der Waals surface area contributed by atoms with E-state index in [1.165, 1.54) is 13.8 Å². The molecule has 84 valence electrons. The summed E-state index contributed by atoms with van der Waals surface area (Å²) in [5.74, 6) is -1.28. The summed E-state index contributed by atoms with van der Waals surface area (Å²) in [5, 5.41) is 0. The fraction of sp³-hybridized carbons (Fsp3) is 0.571. The van der Waals surface area contributed by atoms with Crippen LogP contribution in [0.15, 0.2) is 12.2 Å². The van der Waals surface area contributed by atoms with Gasteiger partial charge in [-0.05, 0) is 13.8 Å². The van der Waals surface area contributed by atoms with E-state index < -0.39 is 27.9 Å². The number of carbonyl (C=O) groups is 1. The largest absolute Gasteiger partial charge is 0.458 e. The third-order valence-electron chi connectivity index (χ3n) is 1.10. The summed E-state index contributed by atoms with van der Waals surface area (Å²) >= 11 is 0. The molecule has 0 aromatic rings. The van der Waals surface area contributed by atoms with Gasteiger partial charge in [-0.25, -0.2) is 4.79 Å². The van der Waals surface area contributed by atoms with Crippen LogP contribution in [0.5, 0.6) is 0 Å². The molecular formula is C7H15NO5S. The number of esters is 1. The summed E-state index contributed by atoms with van der Waals surface area (Å²) in [6.45, 7) is 6.13. The maximum absolute atomic E-state index is 10.8. The molecule has 0 radical (unpaired) electrons. The molecule has 14 heavy (non-hydrogen) atoms. The summed E-state index contributed by atoms with van der Waals surface area (Å²) in [7, 11) is -4.10. The fourth-order valence-corrected chi connectivity index (χ4v) is 1.28. The van der Waals surface area contributed by atoms with Crippen molar-refractivity contribution in [3.63, 3.8) is 0 Å². The third kappa shape index (κ3) is 7.71. The van der Waals surface area contributed by atoms with Gasteiger partial charge in [-0.2, -0.15) is 8.42 Å². The molecule has 0 fully saturated rings. The van der Waals surface area contributed by atoms with Crippen LogP contribution in [0.25, 0.3) is 0 Å². The van der Waals surface area contributed by atoms with Gasteiger partial charge in [0.25, 0.3) is 10.1 Å². The molecule has 0 aliphatic heterocycles. The van der Waals surface area contributed by atoms with E-state index >= 15 is 0 Å². The number of hydrogen-bond donors (Lipinski definition) is 2. The minimum absolute atomic E-state index is 0. The molecule has 0 amide bonds. The second-order valence-electron chi connectivity index (χ2n) is 2.74. The Balaban J connectivity index is 0. The highest BCUT2D eigenvalue weighted by Crippen LogP contribution is 2.00. The van der Waals surface area contributed by atoms with Crippen LogP contribution in [0.2, 0.25) is 0 Å². The molecule has 1 unspecified atom stereocenters. The van der Waals surface area contributed by atoms with Gasteiger partial charge in [0, 0.05) is 5.57 Å². The van der Waals surface area contributed by atoms with E-state index in [1.54, 1.807) is 0 Å². The average Bonchev–Trinajstić information content (AvgIpc) is 1.81. The first kappa shape index (κ1) is 15.5. The minimum Gasteiger partial charge on any atom is -0.458 e. The van der Waals surface area contributed by atoms with Crippen LogP contribution in [0.1, 0.15) is 13.8 Å². The van der Waals surface area contributed by atoms with Crippen molar-refractivity contribution in [1.82, 2.24) is 6.15 Å². The molecule has 1 atom stereocenters. The molecule has 4 N–H and O–H groups in total. The van der Waals surface area contributed by atoms with Crippen LogP contribution < -0.4 is 6.15 Å². The summed E-state index contributed by atoms with van der Waals surface area (Å²) < 4.78 is 33.7. The summed E-state index contributed by atoms with van der Waals surface area (Å²) in [6, 6.07) is 0. The van der Waals surface area contributed by atoms with Crippen molar-refractivity contribution >= 4 is 16.1 Å². The van der Waals surface area contributed by atoms with Gasteiger partial charge in [0.15, 0.2) is 0 Å². The Kier molecular flexibility index (Phi) is 6.37. The van der Waals surface area contributed by atoms with Crippen LogP contribution in [-0.4, -0.2) is 30.8 Å². The Morgan fingerprint density at radius 1 is 1.57 bits per heavy atom. The first-order valence-electron chi connectivity index (χ1n) is 3.54. The van der Waals surface area contributed by atoms with Crippen molar-refractivity contribution in [3.8, 4) is 0 Å². The molecule has 0 spiro atoms. The van der Waals surface area contributed by atoms with Crippen LogP contribution in [0, 0.1) is 0 Å². The van der Waals surface area contributed by atoms with E-state index in [0.717, 1.165) is 0 Å². The second-order valence-corrected chi connectivity index (χ2v) is 4.24. The van der Waals surface area contributed by atoms with Gasteiger partial charge in [-0.3, -0.25) is 4.55 Å². The minimum atomic E-state index is -4.10. The second kappa shape index (κ2) is 5.74. The van der Waals surface area contributed by atoms with Crippen LogP contribution >= 0.6 is 0 Å². The zero-order valence-corrected chi connectivity index (χ0v) is 9.00. The smallest absolute Gasteiger partial charge is 0.333 e. The normalized spacial score (nSPS) is 12.5. The zero-order chi connectivity index (χ0) is 10.6. The van der Waals surface area contributed by atoms with E-state index in [-0.39, 0.29) is 11.7 Å². The fourth-order valence-electron chi connectivity index (χ4n) is 0.614. The molecule has 0 heterocycles. The first-order valence-corrected chi connectivity index (χ1v) is 5.15. The van der Waals surface area contributed by atoms with Gasteiger partial charge < -0.3 is 10.9 Å². The lowest BCUT2D eigenvalue weighted by Gasteiger charge is -2.10. The number of carbonyl (C=O) groups excluding carboxylic acids is 1. The van der Waals surface area contributed by atoms with Crippen LogP contribution in [-0.2, 0) is 19.6 Å². The van der Waals surface area contributed by atoms with Gasteiger partial charge in [0.2, 0.25) is 0 Å². The van der Waals surface area contributed by atoms with Gasteiger partial charge in [0.05, 0.1) is 0 Å². The standard InChI is InChI=1S/C7H12O5S.H3N/c1-5(2)7(8)12-6(3)4-13(9,10)11;/h6H,1,4H2,2-3H3,(H,9,10,11);1H3. The van der Waals surface area contributed by atoms with Crippen molar-refractivity contribution in [1.29, 1.82) is 0 Å². The average molecular weight is 225 g/mol. The van der Waals surface area contributed by atoms with E-state index in [0.29, 0.717) is 0 Å². The molecule has 6 nitrogen and oxygen atoms in total. The quantitative estimate of drug-likeness (QED) is 0.410. The molecule has 0 aliphatic carbocycles. The lowest BCUT2D eigenvalue weighted by molar-refractivity contribution is -0.142. The van der Waals surface area contributed by atoms with Crippen LogP contribution in [0.4, 0.5) is 0 Å². The van der Waals surface area contributed by atoms with E-state index in [2.05, 4.69) is 11.3 Å². The Labute approximate surface area is 83.3 Å². The summed E-state index contributed by atoms with van der Waals surface area (Å²) in [4.78, 5) is 10.8. The van der Waals surface area contributed by atoms with Gasteiger partial charge in [-0.15, -0.1) is 0 Å². The first-order chi connectivity index (χ1) is 5.72. The highest BCUT2D eigenvalue weighted by Gasteiger charge is 2.16. The monoisotopic (exact) mass is 225 g/mol. The van der Waals surface area contributed by atoms with Crippen LogP contribution in [0.3, 0.4) is 0 Å². The lowest BCUT2D eigenvalue weighted by atomic mass is 10.3. The molecular weight excluding hydrogens is 210 g/mol. The predicted molar refractivity (Wildman–Crippen MR) is 51.8 cm³/mol. The molecule has 0 rings (SSSR count). The molecule has 0 bridgehead atoms. The highest BCUT2D eigenvalue weighted by atomic mass is 32.2. The zero-order valence-electron chi connectivity index (χ0n) is 8.19. The van der Waals surface area contributed by atoms with Gasteiger partial charge in [-0.1, -0.05) is 6.58 Å². The van der Waals surface area contributed by atoms with Gasteiger partial charge >= 0.3 is 5.97 Å². The summed E-state index contributed by atoms with van der Waals surface area (Å²) in [5.41, 5.74) is 0.183. The van der Waals surface area contributed by atoms with Crippen molar-refractivity contribution in [2.45, 2.75) is 20.0 Å². The SMILES string of the molecule is C=C(C)C(=O)OC(C)CS(=O)(=O)O.N. The van der Waals surface area contributed by atoms with Crippen molar-refractivity contribution in [2.75, 3.05) is 5.75 Å². The Hall–Kier alpha value is -0.920. The molecule has 0 aliphatic rings. The molecule has 0 aromatic carbocycles. The molecule has 7 heteroatoms. The Morgan fingerprint density at radius 2 is 2.00 bits per heavy atom. The predicted octanol–water partition coefficient (Wildman–Crippen LogP) is 0.544. The Bertz CT molecular complexity index is 308. The Morgan fingerprint density at radius 3 is 2.29 bits per heavy atom. The molecule has 0 saturated carbocycles. The number of hydrogen-bond acceptors (Lipinski definition) is 5. The third-order valence-corrected chi connectivity index (χ3v) is 1.99. The molecule has 0 saturated heterocycles. The topological polar surface area (TPSA) is 116 Å². The van der Waals surface area contributed by atoms with Crippen molar-refractivity contribution in [3.05, 3.63) is 12.2 Å². The van der Waals surface area contributed by atoms with Crippen molar-refractivity contribution < 1.29 is 22.5 Å². The summed E-state index contributed by atoms with van der Waals surface area (Å²) in [6.07, 6.45) is -0.876. The van der Waals surface area contributed by atoms with E-state index in [9.17, 15) is 13.2 Å². The lowest BCUT2D eigenvalue weighted by Crippen LogP contribution is -2.23. The van der Waals surface area contributed by atoms with E-state index in [1.807, 2.05) is 0 Å². The highest BCUT2D eigenvalue weighted by molar-refractivity contribution is 7.85. The van der Waals surface area contributed by atoms with Gasteiger partial charge in [0.1, 0.15) is 11.9 Å².